The summed E-state index contributed by atoms with van der Waals surface area (Å²) in [7, 11) is 0. The van der Waals surface area contributed by atoms with E-state index in [1.807, 2.05) is 24.5 Å². The van der Waals surface area contributed by atoms with E-state index in [9.17, 15) is 4.39 Å². The maximum Gasteiger partial charge on any atom is 0.132 e. The van der Waals surface area contributed by atoms with Gasteiger partial charge in [-0.1, -0.05) is 12.1 Å². The topological polar surface area (TPSA) is 57.7 Å². The zero-order valence-electron chi connectivity index (χ0n) is 15.4. The van der Waals surface area contributed by atoms with Crippen LogP contribution in [0, 0.1) is 5.82 Å². The average molecular weight is 373 g/mol. The summed E-state index contributed by atoms with van der Waals surface area (Å²) in [6, 6.07) is 10.7. The monoisotopic (exact) mass is 373 g/mol. The van der Waals surface area contributed by atoms with E-state index in [4.69, 9.17) is 0 Å². The van der Waals surface area contributed by atoms with Crippen molar-refractivity contribution >= 4 is 16.6 Å². The number of rotatable bonds is 3. The SMILES string of the molecule is Fc1ccccc1-c1n[nH]c2cnc(-c3cnccc3N3CCCCC3)cc12. The molecule has 0 spiro atoms. The highest BCUT2D eigenvalue weighted by atomic mass is 19.1. The molecule has 4 aromatic rings. The van der Waals surface area contributed by atoms with Gasteiger partial charge in [0, 0.05) is 47.7 Å². The van der Waals surface area contributed by atoms with Crippen LogP contribution in [-0.2, 0) is 0 Å². The van der Waals surface area contributed by atoms with Crippen molar-refractivity contribution in [1.82, 2.24) is 20.2 Å². The molecule has 28 heavy (non-hydrogen) atoms. The van der Waals surface area contributed by atoms with Crippen molar-refractivity contribution in [1.29, 1.82) is 0 Å². The molecule has 0 radical (unpaired) electrons. The molecule has 1 fully saturated rings. The smallest absolute Gasteiger partial charge is 0.132 e. The van der Waals surface area contributed by atoms with Gasteiger partial charge in [-0.05, 0) is 43.5 Å². The molecule has 0 atom stereocenters. The van der Waals surface area contributed by atoms with Crippen molar-refractivity contribution in [3.8, 4) is 22.5 Å². The third-order valence-corrected chi connectivity index (χ3v) is 5.35. The number of halogens is 1. The van der Waals surface area contributed by atoms with Gasteiger partial charge in [-0.2, -0.15) is 5.10 Å². The highest BCUT2D eigenvalue weighted by Crippen LogP contribution is 2.34. The van der Waals surface area contributed by atoms with Gasteiger partial charge in [0.1, 0.15) is 11.5 Å². The van der Waals surface area contributed by atoms with Crippen molar-refractivity contribution in [2.75, 3.05) is 18.0 Å². The highest BCUT2D eigenvalue weighted by Gasteiger charge is 2.18. The quantitative estimate of drug-likeness (QED) is 0.560. The number of pyridine rings is 2. The number of benzene rings is 1. The first-order valence-electron chi connectivity index (χ1n) is 9.59. The van der Waals surface area contributed by atoms with E-state index in [0.717, 1.165) is 40.9 Å². The Hall–Kier alpha value is -3.28. The number of aromatic amines is 1. The Morgan fingerprint density at radius 1 is 0.964 bits per heavy atom. The van der Waals surface area contributed by atoms with Crippen LogP contribution in [-0.4, -0.2) is 33.3 Å². The second-order valence-electron chi connectivity index (χ2n) is 7.11. The Labute approximate surface area is 162 Å². The molecule has 1 aromatic carbocycles. The van der Waals surface area contributed by atoms with E-state index in [1.54, 1.807) is 18.3 Å². The maximum atomic E-state index is 14.3. The molecule has 5 rings (SSSR count). The van der Waals surface area contributed by atoms with Gasteiger partial charge in [0.25, 0.3) is 0 Å². The minimum Gasteiger partial charge on any atom is -0.371 e. The first-order chi connectivity index (χ1) is 13.8. The van der Waals surface area contributed by atoms with E-state index in [-0.39, 0.29) is 5.82 Å². The fourth-order valence-electron chi connectivity index (χ4n) is 3.92. The van der Waals surface area contributed by atoms with Crippen LogP contribution in [0.2, 0.25) is 0 Å². The van der Waals surface area contributed by atoms with Crippen LogP contribution in [0.15, 0.2) is 55.0 Å². The lowest BCUT2D eigenvalue weighted by atomic mass is 10.0. The predicted molar refractivity (Wildman–Crippen MR) is 109 cm³/mol. The lowest BCUT2D eigenvalue weighted by Gasteiger charge is -2.30. The van der Waals surface area contributed by atoms with Crippen LogP contribution < -0.4 is 4.90 Å². The Morgan fingerprint density at radius 2 is 1.82 bits per heavy atom. The second kappa shape index (κ2) is 7.03. The molecule has 1 N–H and O–H groups in total. The fraction of sp³-hybridized carbons (Fsp3) is 0.227. The zero-order chi connectivity index (χ0) is 18.9. The molecular weight excluding hydrogens is 353 g/mol. The molecule has 1 saturated heterocycles. The molecule has 1 aliphatic heterocycles. The Morgan fingerprint density at radius 3 is 2.68 bits per heavy atom. The average Bonchev–Trinajstić information content (AvgIpc) is 3.18. The molecule has 0 saturated carbocycles. The number of anilines is 1. The van der Waals surface area contributed by atoms with Crippen molar-refractivity contribution in [2.24, 2.45) is 0 Å². The summed E-state index contributed by atoms with van der Waals surface area (Å²) in [6.07, 6.45) is 9.13. The number of fused-ring (bicyclic) bond motifs is 1. The normalized spacial score (nSPS) is 14.5. The molecule has 0 aliphatic carbocycles. The predicted octanol–water partition coefficient (Wildman–Crippen LogP) is 4.82. The first-order valence-corrected chi connectivity index (χ1v) is 9.59. The van der Waals surface area contributed by atoms with E-state index in [0.29, 0.717) is 11.3 Å². The highest BCUT2D eigenvalue weighted by molar-refractivity contribution is 5.95. The lowest BCUT2D eigenvalue weighted by molar-refractivity contribution is 0.578. The minimum absolute atomic E-state index is 0.287. The molecule has 0 unspecified atom stereocenters. The van der Waals surface area contributed by atoms with E-state index in [2.05, 4.69) is 31.1 Å². The Kier molecular flexibility index (Phi) is 4.24. The molecule has 0 bridgehead atoms. The van der Waals surface area contributed by atoms with Crippen LogP contribution in [0.5, 0.6) is 0 Å². The maximum absolute atomic E-state index is 14.3. The molecule has 1 aliphatic rings. The molecule has 6 heteroatoms. The van der Waals surface area contributed by atoms with E-state index >= 15 is 0 Å². The van der Waals surface area contributed by atoms with Gasteiger partial charge in [0.2, 0.25) is 0 Å². The van der Waals surface area contributed by atoms with Crippen LogP contribution in [0.4, 0.5) is 10.1 Å². The van der Waals surface area contributed by atoms with Crippen LogP contribution >= 0.6 is 0 Å². The zero-order valence-corrected chi connectivity index (χ0v) is 15.4. The van der Waals surface area contributed by atoms with Crippen molar-refractivity contribution in [2.45, 2.75) is 19.3 Å². The summed E-state index contributed by atoms with van der Waals surface area (Å²) in [6.45, 7) is 2.09. The summed E-state index contributed by atoms with van der Waals surface area (Å²) in [4.78, 5) is 11.4. The number of H-pyrrole nitrogens is 1. The standard InChI is InChI=1S/C22H20FN5/c23-18-7-3-2-6-15(18)22-16-12-19(25-14-20(16)26-27-22)17-13-24-9-8-21(17)28-10-4-1-5-11-28/h2-3,6-9,12-14H,1,4-5,10-11H2,(H,26,27). The van der Waals surface area contributed by atoms with E-state index < -0.39 is 0 Å². The van der Waals surface area contributed by atoms with Gasteiger partial charge >= 0.3 is 0 Å². The van der Waals surface area contributed by atoms with Crippen molar-refractivity contribution in [3.63, 3.8) is 0 Å². The van der Waals surface area contributed by atoms with Gasteiger partial charge in [-0.15, -0.1) is 0 Å². The molecule has 3 aromatic heterocycles. The first kappa shape index (κ1) is 16.9. The van der Waals surface area contributed by atoms with Gasteiger partial charge in [-0.3, -0.25) is 15.1 Å². The van der Waals surface area contributed by atoms with Gasteiger partial charge < -0.3 is 4.90 Å². The summed E-state index contributed by atoms with van der Waals surface area (Å²) in [5, 5.41) is 8.16. The van der Waals surface area contributed by atoms with Gasteiger partial charge in [0.05, 0.1) is 17.4 Å². The molecule has 5 nitrogen and oxygen atoms in total. The van der Waals surface area contributed by atoms with Crippen molar-refractivity contribution in [3.05, 3.63) is 60.8 Å². The fourth-order valence-corrected chi connectivity index (χ4v) is 3.92. The van der Waals surface area contributed by atoms with Gasteiger partial charge in [0.15, 0.2) is 0 Å². The van der Waals surface area contributed by atoms with E-state index in [1.165, 1.54) is 25.3 Å². The third kappa shape index (κ3) is 2.91. The summed E-state index contributed by atoms with van der Waals surface area (Å²) in [5.74, 6) is -0.287. The summed E-state index contributed by atoms with van der Waals surface area (Å²) in [5.41, 5.74) is 4.82. The number of aromatic nitrogens is 4. The molecule has 0 amide bonds. The number of nitrogens with one attached hydrogen (secondary N) is 1. The number of hydrogen-bond acceptors (Lipinski definition) is 4. The Bertz CT molecular complexity index is 1130. The number of nitrogens with zero attached hydrogens (tertiary/aromatic N) is 4. The van der Waals surface area contributed by atoms with Crippen LogP contribution in [0.3, 0.4) is 0 Å². The molecule has 4 heterocycles. The minimum atomic E-state index is -0.287. The molecular formula is C22H20FN5. The Balaban J connectivity index is 1.63. The number of piperidine rings is 1. The number of hydrogen-bond donors (Lipinski definition) is 1. The van der Waals surface area contributed by atoms with Crippen molar-refractivity contribution < 1.29 is 4.39 Å². The van der Waals surface area contributed by atoms with Crippen LogP contribution in [0.25, 0.3) is 33.4 Å². The lowest BCUT2D eigenvalue weighted by Crippen LogP contribution is -2.29. The summed E-state index contributed by atoms with van der Waals surface area (Å²) >= 11 is 0. The van der Waals surface area contributed by atoms with Gasteiger partial charge in [-0.25, -0.2) is 4.39 Å². The third-order valence-electron chi connectivity index (χ3n) is 5.35. The molecule has 140 valence electrons. The summed E-state index contributed by atoms with van der Waals surface area (Å²) < 4.78 is 14.3. The second-order valence-corrected chi connectivity index (χ2v) is 7.11. The van der Waals surface area contributed by atoms with Crippen LogP contribution in [0.1, 0.15) is 19.3 Å². The largest absolute Gasteiger partial charge is 0.371 e.